The van der Waals surface area contributed by atoms with E-state index < -0.39 is 0 Å². The van der Waals surface area contributed by atoms with Crippen LogP contribution in [0.5, 0.6) is 0 Å². The number of hydrogen-bond donors (Lipinski definition) is 1. The number of benzene rings is 1. The van der Waals surface area contributed by atoms with Gasteiger partial charge in [0.25, 0.3) is 0 Å². The number of fused-ring (bicyclic) bond motifs is 1. The van der Waals surface area contributed by atoms with Gasteiger partial charge in [0, 0.05) is 16.2 Å². The number of hydrogen-bond acceptors (Lipinski definition) is 2. The smallest absolute Gasteiger partial charge is 0.0289 e. The van der Waals surface area contributed by atoms with Crippen molar-refractivity contribution in [1.82, 2.24) is 5.32 Å². The van der Waals surface area contributed by atoms with E-state index in [1.54, 1.807) is 5.56 Å². The van der Waals surface area contributed by atoms with E-state index in [9.17, 15) is 0 Å². The van der Waals surface area contributed by atoms with E-state index in [0.717, 1.165) is 11.8 Å². The molecule has 0 amide bonds. The molecular weight excluding hydrogens is 262 g/mol. The van der Waals surface area contributed by atoms with E-state index in [4.69, 9.17) is 0 Å². The first-order valence-electron chi connectivity index (χ1n) is 8.33. The van der Waals surface area contributed by atoms with Crippen LogP contribution in [0.25, 0.3) is 0 Å². The molecule has 1 N–H and O–H groups in total. The van der Waals surface area contributed by atoms with E-state index in [1.165, 1.54) is 49.8 Å². The monoisotopic (exact) mass is 291 g/mol. The van der Waals surface area contributed by atoms with Crippen LogP contribution in [-0.2, 0) is 6.42 Å². The number of rotatable bonds is 9. The summed E-state index contributed by atoms with van der Waals surface area (Å²) in [5, 5.41) is 4.46. The van der Waals surface area contributed by atoms with Crippen LogP contribution in [0.4, 0.5) is 0 Å². The van der Waals surface area contributed by atoms with Crippen molar-refractivity contribution in [1.29, 1.82) is 0 Å². The molecule has 1 aliphatic heterocycles. The summed E-state index contributed by atoms with van der Waals surface area (Å²) in [7, 11) is 0. The summed E-state index contributed by atoms with van der Waals surface area (Å²) in [5.41, 5.74) is 1.55. The molecular formula is C18H29NS. The second kappa shape index (κ2) is 8.74. The normalized spacial score (nSPS) is 19.0. The second-order valence-electron chi connectivity index (χ2n) is 5.84. The van der Waals surface area contributed by atoms with Crippen molar-refractivity contribution in [2.45, 2.75) is 75.0 Å². The molecule has 112 valence electrons. The molecule has 1 aromatic carbocycles. The molecule has 0 saturated carbocycles. The Kier molecular flexibility index (Phi) is 6.95. The molecule has 2 heteroatoms. The van der Waals surface area contributed by atoms with Crippen LogP contribution in [0, 0.1) is 0 Å². The Balaban J connectivity index is 1.81. The van der Waals surface area contributed by atoms with Gasteiger partial charge in [-0.3, -0.25) is 0 Å². The molecule has 0 bridgehead atoms. The van der Waals surface area contributed by atoms with Gasteiger partial charge >= 0.3 is 0 Å². The minimum atomic E-state index is 0.680. The van der Waals surface area contributed by atoms with Gasteiger partial charge in [-0.2, -0.15) is 0 Å². The van der Waals surface area contributed by atoms with Crippen molar-refractivity contribution in [3.05, 3.63) is 29.8 Å². The van der Waals surface area contributed by atoms with Gasteiger partial charge in [-0.05, 0) is 31.0 Å². The number of thioether (sulfide) groups is 1. The molecule has 2 atom stereocenters. The Morgan fingerprint density at radius 3 is 2.70 bits per heavy atom. The lowest BCUT2D eigenvalue weighted by Gasteiger charge is -2.23. The van der Waals surface area contributed by atoms with E-state index in [-0.39, 0.29) is 0 Å². The van der Waals surface area contributed by atoms with Gasteiger partial charge in [0.05, 0.1) is 0 Å². The Hall–Kier alpha value is -0.470. The summed E-state index contributed by atoms with van der Waals surface area (Å²) in [6.07, 6.45) is 9.51. The van der Waals surface area contributed by atoms with Crippen LogP contribution < -0.4 is 5.32 Å². The lowest BCUT2D eigenvalue weighted by atomic mass is 9.99. The maximum Gasteiger partial charge on any atom is 0.0289 e. The summed E-state index contributed by atoms with van der Waals surface area (Å²) < 4.78 is 0. The Morgan fingerprint density at radius 1 is 1.15 bits per heavy atom. The third-order valence-electron chi connectivity index (χ3n) is 4.21. The Bertz CT molecular complexity index is 366. The van der Waals surface area contributed by atoms with Gasteiger partial charge in [0.1, 0.15) is 0 Å². The molecule has 0 spiro atoms. The molecule has 1 nitrogen and oxygen atoms in total. The fourth-order valence-electron chi connectivity index (χ4n) is 3.08. The maximum atomic E-state index is 3.73. The highest BCUT2D eigenvalue weighted by molar-refractivity contribution is 8.00. The van der Waals surface area contributed by atoms with E-state index >= 15 is 0 Å². The summed E-state index contributed by atoms with van der Waals surface area (Å²) in [6, 6.07) is 9.60. The quantitative estimate of drug-likeness (QED) is 0.640. The molecule has 0 radical (unpaired) electrons. The van der Waals surface area contributed by atoms with Crippen LogP contribution in [0.3, 0.4) is 0 Å². The van der Waals surface area contributed by atoms with Gasteiger partial charge < -0.3 is 5.32 Å². The standard InChI is InChI=1S/C18H29NS/c1-3-5-6-7-8-12-16(19-4-2)18-14-15-11-9-10-13-17(15)20-18/h9-11,13,16,18-19H,3-8,12,14H2,1-2H3. The van der Waals surface area contributed by atoms with Gasteiger partial charge in [0.15, 0.2) is 0 Å². The molecule has 0 aromatic heterocycles. The molecule has 1 heterocycles. The average molecular weight is 292 g/mol. The van der Waals surface area contributed by atoms with E-state index in [1.807, 2.05) is 0 Å². The van der Waals surface area contributed by atoms with Crippen molar-refractivity contribution in [2.75, 3.05) is 6.54 Å². The second-order valence-corrected chi connectivity index (χ2v) is 7.12. The molecule has 1 aromatic rings. The van der Waals surface area contributed by atoms with Crippen molar-refractivity contribution in [3.63, 3.8) is 0 Å². The highest BCUT2D eigenvalue weighted by atomic mass is 32.2. The Labute approximate surface area is 128 Å². The highest BCUT2D eigenvalue weighted by Crippen LogP contribution is 2.39. The minimum absolute atomic E-state index is 0.680. The van der Waals surface area contributed by atoms with Crippen LogP contribution in [0.15, 0.2) is 29.2 Å². The van der Waals surface area contributed by atoms with Crippen LogP contribution >= 0.6 is 11.8 Å². The van der Waals surface area contributed by atoms with Gasteiger partial charge in [-0.1, -0.05) is 64.2 Å². The summed E-state index contributed by atoms with van der Waals surface area (Å²) in [4.78, 5) is 1.51. The molecule has 0 aliphatic carbocycles. The largest absolute Gasteiger partial charge is 0.313 e. The molecule has 1 aliphatic rings. The molecule has 2 rings (SSSR count). The minimum Gasteiger partial charge on any atom is -0.313 e. The first kappa shape index (κ1) is 15.9. The van der Waals surface area contributed by atoms with Crippen molar-refractivity contribution in [3.8, 4) is 0 Å². The zero-order valence-electron chi connectivity index (χ0n) is 13.0. The predicted octanol–water partition coefficient (Wildman–Crippen LogP) is 5.04. The zero-order chi connectivity index (χ0) is 14.2. The molecule has 20 heavy (non-hydrogen) atoms. The highest BCUT2D eigenvalue weighted by Gasteiger charge is 2.28. The fraction of sp³-hybridized carbons (Fsp3) is 0.667. The van der Waals surface area contributed by atoms with Crippen LogP contribution in [0.2, 0.25) is 0 Å². The molecule has 2 unspecified atom stereocenters. The lowest BCUT2D eigenvalue weighted by Crippen LogP contribution is -2.38. The van der Waals surface area contributed by atoms with Crippen molar-refractivity contribution in [2.24, 2.45) is 0 Å². The van der Waals surface area contributed by atoms with Gasteiger partial charge in [-0.15, -0.1) is 11.8 Å². The van der Waals surface area contributed by atoms with Crippen LogP contribution in [0.1, 0.15) is 57.9 Å². The van der Waals surface area contributed by atoms with Gasteiger partial charge in [0.2, 0.25) is 0 Å². The number of nitrogens with one attached hydrogen (secondary N) is 1. The SMILES string of the molecule is CCCCCCCC(NCC)C1Cc2ccccc2S1. The maximum absolute atomic E-state index is 3.73. The summed E-state index contributed by atoms with van der Waals surface area (Å²) >= 11 is 2.09. The predicted molar refractivity (Wildman–Crippen MR) is 90.6 cm³/mol. The molecule has 0 saturated heterocycles. The zero-order valence-corrected chi connectivity index (χ0v) is 13.8. The van der Waals surface area contributed by atoms with E-state index in [2.05, 4.69) is 55.2 Å². The first-order valence-corrected chi connectivity index (χ1v) is 9.21. The lowest BCUT2D eigenvalue weighted by molar-refractivity contribution is 0.451. The number of unbranched alkanes of at least 4 members (excludes halogenated alkanes) is 4. The third-order valence-corrected chi connectivity index (χ3v) is 5.66. The van der Waals surface area contributed by atoms with Crippen molar-refractivity contribution < 1.29 is 0 Å². The van der Waals surface area contributed by atoms with Crippen molar-refractivity contribution >= 4 is 11.8 Å². The fourth-order valence-corrected chi connectivity index (χ4v) is 4.53. The topological polar surface area (TPSA) is 12.0 Å². The van der Waals surface area contributed by atoms with Gasteiger partial charge in [-0.25, -0.2) is 0 Å². The average Bonchev–Trinajstić information content (AvgIpc) is 2.89. The van der Waals surface area contributed by atoms with Crippen LogP contribution in [-0.4, -0.2) is 17.8 Å². The first-order chi connectivity index (χ1) is 9.85. The Morgan fingerprint density at radius 2 is 1.95 bits per heavy atom. The summed E-state index contributed by atoms with van der Waals surface area (Å²) in [5.74, 6) is 0. The molecule has 0 fully saturated rings. The third kappa shape index (κ3) is 4.53. The summed E-state index contributed by atoms with van der Waals surface area (Å²) in [6.45, 7) is 5.61. The van der Waals surface area contributed by atoms with E-state index in [0.29, 0.717) is 6.04 Å².